The molecule has 13 heavy (non-hydrogen) atoms. The van der Waals surface area contributed by atoms with Crippen LogP contribution in [0.5, 0.6) is 5.75 Å². The van der Waals surface area contributed by atoms with Gasteiger partial charge in [-0.05, 0) is 0 Å². The van der Waals surface area contributed by atoms with Gasteiger partial charge in [-0.15, -0.1) is 0 Å². The molecule has 0 bridgehead atoms. The highest BCUT2D eigenvalue weighted by molar-refractivity contribution is 6.30. The van der Waals surface area contributed by atoms with Gasteiger partial charge in [-0.2, -0.15) is 0 Å². The molecule has 0 aromatic carbocycles. The van der Waals surface area contributed by atoms with Crippen molar-refractivity contribution in [3.05, 3.63) is 27.1 Å². The van der Waals surface area contributed by atoms with Crippen molar-refractivity contribution in [2.24, 2.45) is 0 Å². The standard InChI is InChI=1S/C7H6ClF2NO2/c1-13-5-4(12)2-3(7(9)10)11-6(5)8/h2,7H,1H3,(H,11,12). The van der Waals surface area contributed by atoms with E-state index in [9.17, 15) is 13.6 Å². The molecular weight excluding hydrogens is 204 g/mol. The summed E-state index contributed by atoms with van der Waals surface area (Å²) in [5.74, 6) is -0.161. The highest BCUT2D eigenvalue weighted by atomic mass is 35.5. The van der Waals surface area contributed by atoms with E-state index in [0.29, 0.717) is 0 Å². The third-order valence-electron chi connectivity index (χ3n) is 1.40. The SMILES string of the molecule is COc1c(Cl)[nH]c(C(F)F)cc1=O. The van der Waals surface area contributed by atoms with Crippen molar-refractivity contribution in [1.29, 1.82) is 0 Å². The van der Waals surface area contributed by atoms with Crippen LogP contribution in [0.2, 0.25) is 5.15 Å². The van der Waals surface area contributed by atoms with Crippen LogP contribution in [0.4, 0.5) is 8.78 Å². The topological polar surface area (TPSA) is 42.1 Å². The van der Waals surface area contributed by atoms with Crippen LogP contribution < -0.4 is 10.2 Å². The van der Waals surface area contributed by atoms with E-state index in [1.807, 2.05) is 0 Å². The first kappa shape index (κ1) is 9.98. The summed E-state index contributed by atoms with van der Waals surface area (Å²) in [4.78, 5) is 13.2. The van der Waals surface area contributed by atoms with Gasteiger partial charge in [0, 0.05) is 6.07 Å². The van der Waals surface area contributed by atoms with E-state index in [0.717, 1.165) is 6.07 Å². The first-order chi connectivity index (χ1) is 6.06. The maximum atomic E-state index is 12.1. The Labute approximate surface area is 77.3 Å². The van der Waals surface area contributed by atoms with Gasteiger partial charge in [0.2, 0.25) is 11.2 Å². The summed E-state index contributed by atoms with van der Waals surface area (Å²) >= 11 is 5.46. The molecule has 0 unspecified atom stereocenters. The van der Waals surface area contributed by atoms with Gasteiger partial charge in [0.1, 0.15) is 0 Å². The van der Waals surface area contributed by atoms with Crippen LogP contribution in [0.25, 0.3) is 0 Å². The number of hydrogen-bond donors (Lipinski definition) is 1. The number of pyridine rings is 1. The summed E-state index contributed by atoms with van der Waals surface area (Å²) in [6.45, 7) is 0. The number of ether oxygens (including phenoxy) is 1. The van der Waals surface area contributed by atoms with Crippen molar-refractivity contribution in [2.75, 3.05) is 7.11 Å². The number of halogens is 3. The van der Waals surface area contributed by atoms with Gasteiger partial charge >= 0.3 is 0 Å². The predicted molar refractivity (Wildman–Crippen MR) is 43.6 cm³/mol. The molecule has 72 valence electrons. The molecule has 0 radical (unpaired) electrons. The molecule has 0 saturated heterocycles. The lowest BCUT2D eigenvalue weighted by molar-refractivity contribution is 0.146. The first-order valence-corrected chi connectivity index (χ1v) is 3.69. The number of methoxy groups -OCH3 is 1. The number of hydrogen-bond acceptors (Lipinski definition) is 2. The van der Waals surface area contributed by atoms with Crippen LogP contribution in [0, 0.1) is 0 Å². The molecule has 0 aliphatic heterocycles. The maximum Gasteiger partial charge on any atom is 0.278 e. The third-order valence-corrected chi connectivity index (χ3v) is 1.67. The average Bonchev–Trinajstić information content (AvgIpc) is 2.03. The zero-order valence-electron chi connectivity index (χ0n) is 6.61. The minimum Gasteiger partial charge on any atom is -0.490 e. The highest BCUT2D eigenvalue weighted by Gasteiger charge is 2.13. The van der Waals surface area contributed by atoms with Gasteiger partial charge in [-0.3, -0.25) is 4.79 Å². The molecule has 0 fully saturated rings. The number of aromatic amines is 1. The van der Waals surface area contributed by atoms with E-state index in [1.54, 1.807) is 0 Å². The lowest BCUT2D eigenvalue weighted by Gasteiger charge is -2.04. The van der Waals surface area contributed by atoms with Gasteiger partial charge in [0.05, 0.1) is 12.8 Å². The Morgan fingerprint density at radius 1 is 1.62 bits per heavy atom. The van der Waals surface area contributed by atoms with E-state index in [-0.39, 0.29) is 10.9 Å². The fourth-order valence-corrected chi connectivity index (χ4v) is 1.12. The fourth-order valence-electron chi connectivity index (χ4n) is 0.842. The number of rotatable bonds is 2. The molecule has 0 aliphatic carbocycles. The Bertz CT molecular complexity index is 364. The largest absolute Gasteiger partial charge is 0.490 e. The normalized spacial score (nSPS) is 10.5. The lowest BCUT2D eigenvalue weighted by atomic mass is 10.3. The Kier molecular flexibility index (Phi) is 2.87. The van der Waals surface area contributed by atoms with Crippen molar-refractivity contribution in [3.8, 4) is 5.75 Å². The van der Waals surface area contributed by atoms with Crippen LogP contribution >= 0.6 is 11.6 Å². The molecule has 0 aliphatic rings. The molecule has 6 heteroatoms. The van der Waals surface area contributed by atoms with E-state index < -0.39 is 17.5 Å². The molecule has 0 amide bonds. The molecule has 0 spiro atoms. The summed E-state index contributed by atoms with van der Waals surface area (Å²) in [6.07, 6.45) is -2.75. The summed E-state index contributed by atoms with van der Waals surface area (Å²) < 4.78 is 28.8. The van der Waals surface area contributed by atoms with E-state index in [1.165, 1.54) is 7.11 Å². The fraction of sp³-hybridized carbons (Fsp3) is 0.286. The minimum absolute atomic E-state index is 0.161. The van der Waals surface area contributed by atoms with E-state index >= 15 is 0 Å². The van der Waals surface area contributed by atoms with Crippen LogP contribution in [0.1, 0.15) is 12.1 Å². The van der Waals surface area contributed by atoms with Crippen LogP contribution in [-0.4, -0.2) is 12.1 Å². The van der Waals surface area contributed by atoms with Crippen LogP contribution in [-0.2, 0) is 0 Å². The van der Waals surface area contributed by atoms with Crippen molar-refractivity contribution in [3.63, 3.8) is 0 Å². The smallest absolute Gasteiger partial charge is 0.278 e. The zero-order valence-corrected chi connectivity index (χ0v) is 7.36. The number of alkyl halides is 2. The van der Waals surface area contributed by atoms with Crippen LogP contribution in [0.15, 0.2) is 10.9 Å². The number of H-pyrrole nitrogens is 1. The molecule has 1 aromatic heterocycles. The molecule has 0 atom stereocenters. The van der Waals surface area contributed by atoms with Gasteiger partial charge in [-0.1, -0.05) is 11.6 Å². The molecule has 3 nitrogen and oxygen atoms in total. The third kappa shape index (κ3) is 1.98. The summed E-state index contributed by atoms with van der Waals surface area (Å²) in [5.41, 5.74) is -1.18. The monoisotopic (exact) mass is 209 g/mol. The summed E-state index contributed by atoms with van der Waals surface area (Å²) in [5, 5.41) is -0.217. The van der Waals surface area contributed by atoms with Crippen molar-refractivity contribution < 1.29 is 13.5 Å². The second-order valence-electron chi connectivity index (χ2n) is 2.24. The maximum absolute atomic E-state index is 12.1. The van der Waals surface area contributed by atoms with E-state index in [2.05, 4.69) is 9.72 Å². The quantitative estimate of drug-likeness (QED) is 0.757. The molecule has 1 N–H and O–H groups in total. The van der Waals surface area contributed by atoms with Gasteiger partial charge < -0.3 is 9.72 Å². The van der Waals surface area contributed by atoms with Crippen molar-refractivity contribution in [2.45, 2.75) is 6.43 Å². The molecular formula is C7H6ClF2NO2. The Morgan fingerprint density at radius 2 is 2.23 bits per heavy atom. The van der Waals surface area contributed by atoms with Gasteiger partial charge in [0.25, 0.3) is 6.43 Å². The van der Waals surface area contributed by atoms with Crippen molar-refractivity contribution in [1.82, 2.24) is 4.98 Å². The summed E-state index contributed by atoms with van der Waals surface area (Å²) in [6, 6.07) is 0.759. The lowest BCUT2D eigenvalue weighted by Crippen LogP contribution is -2.08. The molecule has 1 rings (SSSR count). The van der Waals surface area contributed by atoms with Gasteiger partial charge in [0.15, 0.2) is 5.15 Å². The predicted octanol–water partition coefficient (Wildman–Crippen LogP) is 1.97. The Hall–Kier alpha value is -1.10. The molecule has 1 aromatic rings. The second kappa shape index (κ2) is 3.74. The summed E-state index contributed by atoms with van der Waals surface area (Å²) in [7, 11) is 1.23. The second-order valence-corrected chi connectivity index (χ2v) is 2.61. The highest BCUT2D eigenvalue weighted by Crippen LogP contribution is 2.21. The average molecular weight is 210 g/mol. The Morgan fingerprint density at radius 3 is 2.62 bits per heavy atom. The molecule has 1 heterocycles. The number of aromatic nitrogens is 1. The first-order valence-electron chi connectivity index (χ1n) is 3.31. The minimum atomic E-state index is -2.75. The zero-order chi connectivity index (χ0) is 10.0. The van der Waals surface area contributed by atoms with Crippen LogP contribution in [0.3, 0.4) is 0 Å². The number of nitrogens with one attached hydrogen (secondary N) is 1. The van der Waals surface area contributed by atoms with Crippen molar-refractivity contribution >= 4 is 11.6 Å². The van der Waals surface area contributed by atoms with Gasteiger partial charge in [-0.25, -0.2) is 8.78 Å². The van der Waals surface area contributed by atoms with E-state index in [4.69, 9.17) is 11.6 Å². The molecule has 0 saturated carbocycles. The Balaban J connectivity index is 3.29.